The van der Waals surface area contributed by atoms with Gasteiger partial charge in [-0.2, -0.15) is 0 Å². The van der Waals surface area contributed by atoms with Gasteiger partial charge in [0.05, 0.1) is 10.0 Å². The molecule has 15 heavy (non-hydrogen) atoms. The van der Waals surface area contributed by atoms with E-state index in [1.807, 2.05) is 0 Å². The first-order valence-corrected chi connectivity index (χ1v) is 5.26. The Morgan fingerprint density at radius 1 is 1.20 bits per heavy atom. The molecule has 0 saturated heterocycles. The third-order valence-electron chi connectivity index (χ3n) is 1.81. The van der Waals surface area contributed by atoms with Gasteiger partial charge in [0.2, 0.25) is 5.78 Å². The van der Waals surface area contributed by atoms with Crippen LogP contribution in [0.2, 0.25) is 10.0 Å². The zero-order valence-electron chi connectivity index (χ0n) is 7.76. The minimum Gasteiger partial charge on any atom is -0.291 e. The molecule has 1 atom stereocenters. The van der Waals surface area contributed by atoms with Crippen molar-refractivity contribution in [3.8, 4) is 0 Å². The van der Waals surface area contributed by atoms with Gasteiger partial charge >= 0.3 is 0 Å². The smallest absolute Gasteiger partial charge is 0.220 e. The number of alkyl halides is 1. The fourth-order valence-corrected chi connectivity index (χ4v) is 1.60. The summed E-state index contributed by atoms with van der Waals surface area (Å²) < 4.78 is 0. The van der Waals surface area contributed by atoms with E-state index in [4.69, 9.17) is 34.8 Å². The van der Waals surface area contributed by atoms with E-state index in [1.165, 1.54) is 19.1 Å². The molecule has 0 spiro atoms. The molecule has 0 amide bonds. The molecule has 2 nitrogen and oxygen atoms in total. The third-order valence-corrected chi connectivity index (χ3v) is 3.00. The predicted molar refractivity (Wildman–Crippen MR) is 60.7 cm³/mol. The summed E-state index contributed by atoms with van der Waals surface area (Å²) in [6.07, 6.45) is 0. The molecule has 5 heteroatoms. The lowest BCUT2D eigenvalue weighted by molar-refractivity contribution is -0.135. The summed E-state index contributed by atoms with van der Waals surface area (Å²) in [5, 5.41) is -0.326. The van der Waals surface area contributed by atoms with E-state index in [1.54, 1.807) is 6.07 Å². The molecule has 0 radical (unpaired) electrons. The van der Waals surface area contributed by atoms with Crippen LogP contribution < -0.4 is 0 Å². The average molecular weight is 266 g/mol. The van der Waals surface area contributed by atoms with Gasteiger partial charge in [-0.3, -0.25) is 9.59 Å². The van der Waals surface area contributed by atoms with Crippen LogP contribution in [-0.2, 0) is 9.59 Å². The van der Waals surface area contributed by atoms with Crippen LogP contribution >= 0.6 is 34.8 Å². The van der Waals surface area contributed by atoms with E-state index < -0.39 is 16.9 Å². The topological polar surface area (TPSA) is 34.1 Å². The molecule has 1 aromatic carbocycles. The highest BCUT2D eigenvalue weighted by atomic mass is 35.5. The van der Waals surface area contributed by atoms with Gasteiger partial charge in [-0.1, -0.05) is 29.3 Å². The Labute approximate surface area is 102 Å². The van der Waals surface area contributed by atoms with Crippen molar-refractivity contribution in [2.45, 2.75) is 12.3 Å². The van der Waals surface area contributed by atoms with E-state index in [9.17, 15) is 9.59 Å². The average Bonchev–Trinajstić information content (AvgIpc) is 2.19. The second-order valence-electron chi connectivity index (χ2n) is 2.96. The summed E-state index contributed by atoms with van der Waals surface area (Å²) >= 11 is 17.3. The molecule has 1 rings (SSSR count). The van der Waals surface area contributed by atoms with Crippen molar-refractivity contribution in [3.05, 3.63) is 33.8 Å². The SMILES string of the molecule is CC(=O)C(=O)C(Cl)c1ccc(Cl)c(Cl)c1. The van der Waals surface area contributed by atoms with E-state index in [0.29, 0.717) is 15.6 Å². The van der Waals surface area contributed by atoms with Crippen molar-refractivity contribution in [2.75, 3.05) is 0 Å². The molecule has 0 aliphatic heterocycles. The van der Waals surface area contributed by atoms with Crippen LogP contribution in [0.1, 0.15) is 17.9 Å². The first-order chi connectivity index (χ1) is 6.93. The summed E-state index contributed by atoms with van der Waals surface area (Å²) in [4.78, 5) is 22.1. The zero-order valence-corrected chi connectivity index (χ0v) is 10.0. The predicted octanol–water partition coefficient (Wildman–Crippen LogP) is 3.43. The number of halogens is 3. The van der Waals surface area contributed by atoms with E-state index in [0.717, 1.165) is 0 Å². The lowest BCUT2D eigenvalue weighted by Crippen LogP contribution is -2.15. The Kier molecular flexibility index (Phi) is 4.14. The second-order valence-corrected chi connectivity index (χ2v) is 4.21. The van der Waals surface area contributed by atoms with Crippen molar-refractivity contribution in [1.29, 1.82) is 0 Å². The third kappa shape index (κ3) is 2.94. The maximum atomic E-state index is 11.3. The van der Waals surface area contributed by atoms with Crippen molar-refractivity contribution >= 4 is 46.4 Å². The van der Waals surface area contributed by atoms with Crippen molar-refractivity contribution in [3.63, 3.8) is 0 Å². The molecule has 0 aliphatic rings. The lowest BCUT2D eigenvalue weighted by atomic mass is 10.1. The number of rotatable bonds is 3. The number of carbonyl (C=O) groups is 2. The summed E-state index contributed by atoms with van der Waals surface area (Å²) in [6.45, 7) is 1.18. The van der Waals surface area contributed by atoms with Crippen molar-refractivity contribution < 1.29 is 9.59 Å². The lowest BCUT2D eigenvalue weighted by Gasteiger charge is -2.07. The first-order valence-electron chi connectivity index (χ1n) is 4.07. The fraction of sp³-hybridized carbons (Fsp3) is 0.200. The van der Waals surface area contributed by atoms with Crippen LogP contribution in [0.3, 0.4) is 0 Å². The summed E-state index contributed by atoms with van der Waals surface area (Å²) in [5.74, 6) is -1.24. The van der Waals surface area contributed by atoms with Gasteiger partial charge < -0.3 is 0 Å². The summed E-state index contributed by atoms with van der Waals surface area (Å²) in [5.41, 5.74) is 0.464. The molecule has 0 fully saturated rings. The van der Waals surface area contributed by atoms with Crippen molar-refractivity contribution in [1.82, 2.24) is 0 Å². The molecule has 1 unspecified atom stereocenters. The monoisotopic (exact) mass is 264 g/mol. The normalized spacial score (nSPS) is 12.3. The van der Waals surface area contributed by atoms with Gasteiger partial charge in [0.1, 0.15) is 5.38 Å². The molecule has 80 valence electrons. The fourth-order valence-electron chi connectivity index (χ4n) is 1.000. The maximum Gasteiger partial charge on any atom is 0.220 e. The second kappa shape index (κ2) is 4.97. The molecule has 0 N–H and O–H groups in total. The van der Waals surface area contributed by atoms with E-state index in [2.05, 4.69) is 0 Å². The summed E-state index contributed by atoms with van der Waals surface area (Å²) in [7, 11) is 0. The Bertz CT molecular complexity index is 415. The standard InChI is InChI=1S/C10H7Cl3O2/c1-5(14)10(15)9(13)6-2-3-7(11)8(12)4-6/h2-4,9H,1H3. The number of carbonyl (C=O) groups excluding carboxylic acids is 2. The molecular weight excluding hydrogens is 258 g/mol. The van der Waals surface area contributed by atoms with Gasteiger partial charge in [-0.25, -0.2) is 0 Å². The van der Waals surface area contributed by atoms with Crippen LogP contribution in [0.5, 0.6) is 0 Å². The van der Waals surface area contributed by atoms with Crippen molar-refractivity contribution in [2.24, 2.45) is 0 Å². The highest BCUT2D eigenvalue weighted by Crippen LogP contribution is 2.29. The Morgan fingerprint density at radius 3 is 2.27 bits per heavy atom. The van der Waals surface area contributed by atoms with E-state index >= 15 is 0 Å². The Balaban J connectivity index is 3.02. The number of ketones is 2. The molecule has 0 aromatic heterocycles. The largest absolute Gasteiger partial charge is 0.291 e. The van der Waals surface area contributed by atoms with Gasteiger partial charge in [-0.05, 0) is 17.7 Å². The molecule has 0 bridgehead atoms. The maximum absolute atomic E-state index is 11.3. The highest BCUT2D eigenvalue weighted by Gasteiger charge is 2.21. The highest BCUT2D eigenvalue weighted by molar-refractivity contribution is 6.49. The molecule has 0 saturated carbocycles. The summed E-state index contributed by atoms with van der Waals surface area (Å²) in [6, 6.07) is 4.57. The van der Waals surface area contributed by atoms with Crippen LogP contribution in [0, 0.1) is 0 Å². The number of hydrogen-bond donors (Lipinski definition) is 0. The van der Waals surface area contributed by atoms with Crippen LogP contribution in [0.25, 0.3) is 0 Å². The van der Waals surface area contributed by atoms with Gasteiger partial charge in [0.15, 0.2) is 5.78 Å². The zero-order chi connectivity index (χ0) is 11.6. The van der Waals surface area contributed by atoms with E-state index in [-0.39, 0.29) is 0 Å². The number of Topliss-reactive ketones (excluding diaryl/α,β-unsaturated/α-hetero) is 2. The number of hydrogen-bond acceptors (Lipinski definition) is 2. The molecule has 1 aromatic rings. The van der Waals surface area contributed by atoms with Crippen LogP contribution in [-0.4, -0.2) is 11.6 Å². The quantitative estimate of drug-likeness (QED) is 0.620. The Hall–Kier alpha value is -0.570. The number of benzene rings is 1. The van der Waals surface area contributed by atoms with Gasteiger partial charge in [0.25, 0.3) is 0 Å². The Morgan fingerprint density at radius 2 is 1.80 bits per heavy atom. The van der Waals surface area contributed by atoms with Gasteiger partial charge in [0, 0.05) is 6.92 Å². The van der Waals surface area contributed by atoms with Crippen LogP contribution in [0.15, 0.2) is 18.2 Å². The first kappa shape index (κ1) is 12.5. The van der Waals surface area contributed by atoms with Crippen LogP contribution in [0.4, 0.5) is 0 Å². The minimum absolute atomic E-state index is 0.302. The molecule has 0 aliphatic carbocycles. The molecular formula is C10H7Cl3O2. The minimum atomic E-state index is -1.00. The molecule has 0 heterocycles. The van der Waals surface area contributed by atoms with Gasteiger partial charge in [-0.15, -0.1) is 11.6 Å².